The standard InChI is InChI=1S/C47H78O9/c1-3-5-7-9-11-13-15-17-19-21-22-24-26-28-30-32-34-36-43(49)55-41(40-54-47-46(52)45(51)44(50)42(38-48)56-47)39-53-37-35-33-31-29-27-25-23-20-18-16-14-12-10-8-6-4-2/h6,8,11-14,17-20,25,27,31,33,41-42,44-48,50-52H,3-5,7,9-10,15-16,21-24,26,28-30,32,34-40H2,1-2H3/b8-6-,13-11-,14-12-,19-17-,20-18-,27-25-,33-31-. The number of carbonyl (C=O) groups is 1. The summed E-state index contributed by atoms with van der Waals surface area (Å²) in [5.41, 5.74) is 0. The molecule has 9 nitrogen and oxygen atoms in total. The van der Waals surface area contributed by atoms with E-state index in [0.29, 0.717) is 13.0 Å². The summed E-state index contributed by atoms with van der Waals surface area (Å²) >= 11 is 0. The van der Waals surface area contributed by atoms with Crippen molar-refractivity contribution in [3.05, 3.63) is 85.1 Å². The van der Waals surface area contributed by atoms with Crippen molar-refractivity contribution >= 4 is 5.97 Å². The van der Waals surface area contributed by atoms with Gasteiger partial charge in [0, 0.05) is 6.42 Å². The molecule has 1 rings (SSSR count). The number of hydrogen-bond acceptors (Lipinski definition) is 9. The van der Waals surface area contributed by atoms with Crippen LogP contribution in [0, 0.1) is 0 Å². The van der Waals surface area contributed by atoms with Crippen LogP contribution in [0.2, 0.25) is 0 Å². The number of allylic oxidation sites excluding steroid dienone is 13. The van der Waals surface area contributed by atoms with Crippen LogP contribution >= 0.6 is 0 Å². The van der Waals surface area contributed by atoms with Gasteiger partial charge in [0.15, 0.2) is 6.29 Å². The van der Waals surface area contributed by atoms with Crippen LogP contribution in [0.5, 0.6) is 0 Å². The Labute approximate surface area is 339 Å². The number of carbonyl (C=O) groups excluding carboxylic acids is 1. The van der Waals surface area contributed by atoms with Gasteiger partial charge in [-0.15, -0.1) is 0 Å². The highest BCUT2D eigenvalue weighted by molar-refractivity contribution is 5.69. The minimum absolute atomic E-state index is 0.0821. The molecule has 1 aliphatic heterocycles. The number of ether oxygens (including phenoxy) is 4. The Morgan fingerprint density at radius 2 is 1.09 bits per heavy atom. The number of hydrogen-bond donors (Lipinski definition) is 4. The molecule has 1 aliphatic rings. The van der Waals surface area contributed by atoms with Gasteiger partial charge >= 0.3 is 5.97 Å². The topological polar surface area (TPSA) is 135 Å². The molecule has 1 saturated heterocycles. The normalized spacial score (nSPS) is 21.4. The van der Waals surface area contributed by atoms with Crippen molar-refractivity contribution in [2.75, 3.05) is 26.4 Å². The zero-order chi connectivity index (χ0) is 40.7. The van der Waals surface area contributed by atoms with E-state index in [1.807, 2.05) is 0 Å². The summed E-state index contributed by atoms with van der Waals surface area (Å²) in [6.45, 7) is 4.16. The van der Waals surface area contributed by atoms with E-state index in [4.69, 9.17) is 18.9 Å². The molecule has 0 spiro atoms. The molecule has 1 heterocycles. The average Bonchev–Trinajstić information content (AvgIpc) is 3.20. The SMILES string of the molecule is CC/C=C\C/C=C\C/C=C\C/C=C\C/C=C\CCOCC(COC1OC(CO)C(O)C(O)C1O)OC(=O)CCCCCCCCC/C=C\C/C=C\CCCCC. The molecule has 6 atom stereocenters. The third kappa shape index (κ3) is 28.7. The van der Waals surface area contributed by atoms with E-state index < -0.39 is 43.4 Å². The van der Waals surface area contributed by atoms with Crippen LogP contribution in [-0.4, -0.2) is 89.6 Å². The molecule has 0 aromatic carbocycles. The Morgan fingerprint density at radius 1 is 0.589 bits per heavy atom. The lowest BCUT2D eigenvalue weighted by atomic mass is 9.99. The summed E-state index contributed by atoms with van der Waals surface area (Å²) in [6, 6.07) is 0. The molecule has 56 heavy (non-hydrogen) atoms. The van der Waals surface area contributed by atoms with Crippen LogP contribution in [-0.2, 0) is 23.7 Å². The molecular weight excluding hydrogens is 709 g/mol. The van der Waals surface area contributed by atoms with Crippen LogP contribution < -0.4 is 0 Å². The maximum Gasteiger partial charge on any atom is 0.306 e. The van der Waals surface area contributed by atoms with E-state index in [9.17, 15) is 25.2 Å². The summed E-state index contributed by atoms with van der Waals surface area (Å²) in [7, 11) is 0. The first kappa shape index (κ1) is 51.4. The molecule has 0 aliphatic carbocycles. The van der Waals surface area contributed by atoms with Gasteiger partial charge in [-0.05, 0) is 77.0 Å². The molecule has 1 fully saturated rings. The van der Waals surface area contributed by atoms with E-state index in [-0.39, 0.29) is 25.6 Å². The van der Waals surface area contributed by atoms with Crippen molar-refractivity contribution in [3.8, 4) is 0 Å². The third-order valence-electron chi connectivity index (χ3n) is 9.31. The summed E-state index contributed by atoms with van der Waals surface area (Å²) in [4.78, 5) is 12.8. The van der Waals surface area contributed by atoms with Gasteiger partial charge in [0.1, 0.15) is 30.5 Å². The highest BCUT2D eigenvalue weighted by Crippen LogP contribution is 2.22. The second-order valence-electron chi connectivity index (χ2n) is 14.4. The maximum absolute atomic E-state index is 12.8. The maximum atomic E-state index is 12.8. The van der Waals surface area contributed by atoms with Crippen LogP contribution in [0.4, 0.5) is 0 Å². The average molecular weight is 787 g/mol. The first-order chi connectivity index (χ1) is 27.4. The molecule has 0 bridgehead atoms. The number of aliphatic hydroxyl groups excluding tert-OH is 4. The fraction of sp³-hybridized carbons (Fsp3) is 0.681. The minimum Gasteiger partial charge on any atom is -0.457 e. The van der Waals surface area contributed by atoms with Gasteiger partial charge in [0.05, 0.1) is 26.4 Å². The number of aliphatic hydroxyl groups is 4. The van der Waals surface area contributed by atoms with Gasteiger partial charge in [0.2, 0.25) is 0 Å². The molecular formula is C47H78O9. The molecule has 320 valence electrons. The first-order valence-corrected chi connectivity index (χ1v) is 21.7. The zero-order valence-electron chi connectivity index (χ0n) is 34.8. The van der Waals surface area contributed by atoms with Crippen molar-refractivity contribution in [1.29, 1.82) is 0 Å². The Morgan fingerprint density at radius 3 is 1.64 bits per heavy atom. The molecule has 0 amide bonds. The van der Waals surface area contributed by atoms with Crippen molar-refractivity contribution < 1.29 is 44.2 Å². The Hall–Kier alpha value is -2.63. The highest BCUT2D eigenvalue weighted by Gasteiger charge is 2.44. The van der Waals surface area contributed by atoms with Gasteiger partial charge in [-0.25, -0.2) is 0 Å². The van der Waals surface area contributed by atoms with Crippen LogP contribution in [0.15, 0.2) is 85.1 Å². The lowest BCUT2D eigenvalue weighted by molar-refractivity contribution is -0.305. The summed E-state index contributed by atoms with van der Waals surface area (Å²) in [5.74, 6) is -0.351. The predicted molar refractivity (Wildman–Crippen MR) is 228 cm³/mol. The predicted octanol–water partition coefficient (Wildman–Crippen LogP) is 9.47. The molecule has 9 heteroatoms. The van der Waals surface area contributed by atoms with Gasteiger partial charge in [-0.3, -0.25) is 4.79 Å². The quantitative estimate of drug-likeness (QED) is 0.0282. The fourth-order valence-corrected chi connectivity index (χ4v) is 5.94. The van der Waals surface area contributed by atoms with E-state index in [1.165, 1.54) is 44.9 Å². The second-order valence-corrected chi connectivity index (χ2v) is 14.4. The van der Waals surface area contributed by atoms with Crippen molar-refractivity contribution in [2.45, 2.75) is 179 Å². The fourth-order valence-electron chi connectivity index (χ4n) is 5.94. The number of rotatable bonds is 35. The van der Waals surface area contributed by atoms with Crippen molar-refractivity contribution in [1.82, 2.24) is 0 Å². The molecule has 0 aromatic heterocycles. The van der Waals surface area contributed by atoms with Crippen LogP contribution in [0.1, 0.15) is 142 Å². The molecule has 0 radical (unpaired) electrons. The Kier molecular flexibility index (Phi) is 34.8. The van der Waals surface area contributed by atoms with Gasteiger partial charge in [0.25, 0.3) is 0 Å². The molecule has 4 N–H and O–H groups in total. The Bertz CT molecular complexity index is 1120. The van der Waals surface area contributed by atoms with Crippen molar-refractivity contribution in [2.24, 2.45) is 0 Å². The van der Waals surface area contributed by atoms with Crippen LogP contribution in [0.25, 0.3) is 0 Å². The smallest absolute Gasteiger partial charge is 0.306 e. The lowest BCUT2D eigenvalue weighted by Gasteiger charge is -2.39. The minimum atomic E-state index is -1.55. The highest BCUT2D eigenvalue weighted by atomic mass is 16.7. The second kappa shape index (κ2) is 37.9. The van der Waals surface area contributed by atoms with E-state index >= 15 is 0 Å². The largest absolute Gasteiger partial charge is 0.457 e. The van der Waals surface area contributed by atoms with Crippen molar-refractivity contribution in [3.63, 3.8) is 0 Å². The molecule has 6 unspecified atom stereocenters. The first-order valence-electron chi connectivity index (χ1n) is 21.7. The molecule has 0 saturated carbocycles. The number of unbranched alkanes of at least 4 members (excludes halogenated alkanes) is 10. The van der Waals surface area contributed by atoms with Crippen LogP contribution in [0.3, 0.4) is 0 Å². The number of esters is 1. The molecule has 0 aromatic rings. The van der Waals surface area contributed by atoms with Gasteiger partial charge in [-0.1, -0.05) is 144 Å². The monoisotopic (exact) mass is 787 g/mol. The van der Waals surface area contributed by atoms with Gasteiger partial charge in [-0.2, -0.15) is 0 Å². The van der Waals surface area contributed by atoms with E-state index in [1.54, 1.807) is 0 Å². The zero-order valence-corrected chi connectivity index (χ0v) is 34.8. The third-order valence-corrected chi connectivity index (χ3v) is 9.31. The van der Waals surface area contributed by atoms with E-state index in [2.05, 4.69) is 98.9 Å². The Balaban J connectivity index is 2.35. The summed E-state index contributed by atoms with van der Waals surface area (Å²) < 4.78 is 22.7. The lowest BCUT2D eigenvalue weighted by Crippen LogP contribution is -2.59. The van der Waals surface area contributed by atoms with Gasteiger partial charge < -0.3 is 39.4 Å². The van der Waals surface area contributed by atoms with E-state index in [0.717, 1.165) is 70.6 Å². The summed E-state index contributed by atoms with van der Waals surface area (Å²) in [5, 5.41) is 40.1. The summed E-state index contributed by atoms with van der Waals surface area (Å²) in [6.07, 6.45) is 43.4.